The Bertz CT molecular complexity index is 564. The van der Waals surface area contributed by atoms with Crippen molar-refractivity contribution >= 4 is 40.6 Å². The van der Waals surface area contributed by atoms with Gasteiger partial charge in [-0.15, -0.1) is 0 Å². The van der Waals surface area contributed by atoms with E-state index < -0.39 is 0 Å². The molecule has 0 bridgehead atoms. The van der Waals surface area contributed by atoms with Crippen LogP contribution in [0.4, 0.5) is 0 Å². The molecule has 0 saturated carbocycles. The SMILES string of the molecule is O=C(c1ccccc1)c1cc(Cl)cc(Cl)c1Cl. The van der Waals surface area contributed by atoms with Crippen molar-refractivity contribution in [1.82, 2.24) is 0 Å². The highest BCUT2D eigenvalue weighted by atomic mass is 35.5. The molecule has 1 nitrogen and oxygen atoms in total. The summed E-state index contributed by atoms with van der Waals surface area (Å²) in [4.78, 5) is 12.2. The third-order valence-corrected chi connectivity index (χ3v) is 3.29. The summed E-state index contributed by atoms with van der Waals surface area (Å²) in [5.41, 5.74) is 0.864. The van der Waals surface area contributed by atoms with Gasteiger partial charge in [-0.05, 0) is 12.1 Å². The van der Waals surface area contributed by atoms with Crippen LogP contribution in [-0.4, -0.2) is 5.78 Å². The molecule has 0 heterocycles. The molecule has 0 aliphatic carbocycles. The van der Waals surface area contributed by atoms with Crippen LogP contribution in [0.3, 0.4) is 0 Å². The minimum Gasteiger partial charge on any atom is -0.289 e. The van der Waals surface area contributed by atoms with E-state index in [1.807, 2.05) is 6.07 Å². The summed E-state index contributed by atoms with van der Waals surface area (Å²) < 4.78 is 0. The Labute approximate surface area is 114 Å². The van der Waals surface area contributed by atoms with Gasteiger partial charge in [-0.3, -0.25) is 4.79 Å². The monoisotopic (exact) mass is 284 g/mol. The quantitative estimate of drug-likeness (QED) is 0.568. The molecule has 0 N–H and O–H groups in total. The summed E-state index contributed by atoms with van der Waals surface area (Å²) in [5.74, 6) is -0.194. The Morgan fingerprint density at radius 3 is 2.24 bits per heavy atom. The van der Waals surface area contributed by atoms with Crippen LogP contribution in [0.15, 0.2) is 42.5 Å². The van der Waals surface area contributed by atoms with Gasteiger partial charge in [-0.2, -0.15) is 0 Å². The summed E-state index contributed by atoms with van der Waals surface area (Å²) in [6.07, 6.45) is 0. The number of carbonyl (C=O) groups is 1. The van der Waals surface area contributed by atoms with E-state index in [0.29, 0.717) is 16.1 Å². The summed E-state index contributed by atoms with van der Waals surface area (Å²) in [7, 11) is 0. The van der Waals surface area contributed by atoms with E-state index in [9.17, 15) is 4.79 Å². The molecule has 86 valence electrons. The molecule has 0 aromatic heterocycles. The van der Waals surface area contributed by atoms with Gasteiger partial charge in [-0.25, -0.2) is 0 Å². The Morgan fingerprint density at radius 2 is 1.59 bits per heavy atom. The topological polar surface area (TPSA) is 17.1 Å². The maximum atomic E-state index is 12.2. The van der Waals surface area contributed by atoms with Gasteiger partial charge in [0.15, 0.2) is 5.78 Å². The van der Waals surface area contributed by atoms with Gasteiger partial charge in [-0.1, -0.05) is 65.1 Å². The molecule has 0 amide bonds. The highest BCUT2D eigenvalue weighted by Gasteiger charge is 2.15. The predicted molar refractivity (Wildman–Crippen MR) is 71.3 cm³/mol. The number of carbonyl (C=O) groups excluding carboxylic acids is 1. The fraction of sp³-hybridized carbons (Fsp3) is 0. The molecule has 0 aliphatic heterocycles. The minimum absolute atomic E-state index is 0.194. The Hall–Kier alpha value is -1.02. The van der Waals surface area contributed by atoms with Crippen LogP contribution in [-0.2, 0) is 0 Å². The molecular weight excluding hydrogens is 279 g/mol. The van der Waals surface area contributed by atoms with Crippen LogP contribution >= 0.6 is 34.8 Å². The molecule has 0 radical (unpaired) electrons. The maximum absolute atomic E-state index is 12.2. The fourth-order valence-electron chi connectivity index (χ4n) is 1.47. The summed E-state index contributed by atoms with van der Waals surface area (Å²) in [6.45, 7) is 0. The zero-order valence-corrected chi connectivity index (χ0v) is 10.9. The van der Waals surface area contributed by atoms with Crippen LogP contribution in [0.25, 0.3) is 0 Å². The van der Waals surface area contributed by atoms with Gasteiger partial charge in [0.2, 0.25) is 0 Å². The molecule has 2 aromatic carbocycles. The molecule has 2 aromatic rings. The lowest BCUT2D eigenvalue weighted by Gasteiger charge is -2.06. The molecule has 0 atom stereocenters. The van der Waals surface area contributed by atoms with E-state index in [1.165, 1.54) is 12.1 Å². The zero-order valence-electron chi connectivity index (χ0n) is 8.58. The molecule has 0 spiro atoms. The molecule has 0 saturated heterocycles. The molecule has 0 unspecified atom stereocenters. The molecule has 4 heteroatoms. The summed E-state index contributed by atoms with van der Waals surface area (Å²) in [6, 6.07) is 11.9. The molecular formula is C13H7Cl3O. The molecule has 0 aliphatic rings. The largest absolute Gasteiger partial charge is 0.289 e. The van der Waals surface area contributed by atoms with Gasteiger partial charge in [0.05, 0.1) is 10.0 Å². The van der Waals surface area contributed by atoms with E-state index in [4.69, 9.17) is 34.8 Å². The lowest BCUT2D eigenvalue weighted by Crippen LogP contribution is -2.02. The van der Waals surface area contributed by atoms with Crippen molar-refractivity contribution in [3.63, 3.8) is 0 Å². The molecule has 0 fully saturated rings. The van der Waals surface area contributed by atoms with Crippen LogP contribution in [0, 0.1) is 0 Å². The van der Waals surface area contributed by atoms with Gasteiger partial charge in [0, 0.05) is 16.1 Å². The Balaban J connectivity index is 2.52. The Kier molecular flexibility index (Phi) is 3.72. The second-order valence-corrected chi connectivity index (χ2v) is 4.67. The molecule has 17 heavy (non-hydrogen) atoms. The van der Waals surface area contributed by atoms with Crippen LogP contribution < -0.4 is 0 Å². The van der Waals surface area contributed by atoms with Gasteiger partial charge >= 0.3 is 0 Å². The third-order valence-electron chi connectivity index (χ3n) is 2.27. The number of rotatable bonds is 2. The van der Waals surface area contributed by atoms with Gasteiger partial charge in [0.25, 0.3) is 0 Å². The lowest BCUT2D eigenvalue weighted by molar-refractivity contribution is 0.103. The zero-order chi connectivity index (χ0) is 12.4. The first-order valence-electron chi connectivity index (χ1n) is 4.84. The number of hydrogen-bond acceptors (Lipinski definition) is 1. The second kappa shape index (κ2) is 5.09. The third kappa shape index (κ3) is 2.63. The van der Waals surface area contributed by atoms with Crippen molar-refractivity contribution in [2.75, 3.05) is 0 Å². The highest BCUT2D eigenvalue weighted by Crippen LogP contribution is 2.31. The van der Waals surface area contributed by atoms with Crippen molar-refractivity contribution in [2.45, 2.75) is 0 Å². The normalized spacial score (nSPS) is 10.3. The van der Waals surface area contributed by atoms with Crippen LogP contribution in [0.5, 0.6) is 0 Å². The fourth-order valence-corrected chi connectivity index (χ4v) is 2.15. The first-order valence-corrected chi connectivity index (χ1v) is 5.97. The van der Waals surface area contributed by atoms with Crippen molar-refractivity contribution in [2.24, 2.45) is 0 Å². The average Bonchev–Trinajstić information content (AvgIpc) is 2.34. The smallest absolute Gasteiger partial charge is 0.194 e. The van der Waals surface area contributed by atoms with Gasteiger partial charge < -0.3 is 0 Å². The summed E-state index contributed by atoms with van der Waals surface area (Å²) in [5, 5.41) is 0.891. The Morgan fingerprint density at radius 1 is 0.941 bits per heavy atom. The number of halogens is 3. The van der Waals surface area contributed by atoms with E-state index >= 15 is 0 Å². The molecule has 2 rings (SSSR count). The number of benzene rings is 2. The number of ketones is 1. The first kappa shape index (κ1) is 12.4. The van der Waals surface area contributed by atoms with E-state index in [2.05, 4.69) is 0 Å². The second-order valence-electron chi connectivity index (χ2n) is 3.44. The maximum Gasteiger partial charge on any atom is 0.194 e. The van der Waals surface area contributed by atoms with Crippen LogP contribution in [0.1, 0.15) is 15.9 Å². The van der Waals surface area contributed by atoms with E-state index in [1.54, 1.807) is 24.3 Å². The average molecular weight is 286 g/mol. The van der Waals surface area contributed by atoms with Crippen LogP contribution in [0.2, 0.25) is 15.1 Å². The van der Waals surface area contributed by atoms with E-state index in [0.717, 1.165) is 0 Å². The van der Waals surface area contributed by atoms with Crippen molar-refractivity contribution in [3.05, 3.63) is 68.7 Å². The standard InChI is InChI=1S/C13H7Cl3O/c14-9-6-10(12(16)11(15)7-9)13(17)8-4-2-1-3-5-8/h1-7H. The lowest BCUT2D eigenvalue weighted by atomic mass is 10.0. The van der Waals surface area contributed by atoms with Crippen molar-refractivity contribution in [1.29, 1.82) is 0 Å². The predicted octanol–water partition coefficient (Wildman–Crippen LogP) is 4.88. The number of hydrogen-bond donors (Lipinski definition) is 0. The first-order chi connectivity index (χ1) is 8.09. The van der Waals surface area contributed by atoms with E-state index in [-0.39, 0.29) is 15.8 Å². The van der Waals surface area contributed by atoms with Crippen molar-refractivity contribution < 1.29 is 4.79 Å². The van der Waals surface area contributed by atoms with Crippen molar-refractivity contribution in [3.8, 4) is 0 Å². The summed E-state index contributed by atoms with van der Waals surface area (Å²) >= 11 is 17.7. The highest BCUT2D eigenvalue weighted by molar-refractivity contribution is 6.45. The minimum atomic E-state index is -0.194. The van der Waals surface area contributed by atoms with Gasteiger partial charge in [0.1, 0.15) is 0 Å².